The van der Waals surface area contributed by atoms with Crippen LogP contribution in [0.2, 0.25) is 0 Å². The molecule has 2 unspecified atom stereocenters. The van der Waals surface area contributed by atoms with Crippen LogP contribution < -0.4 is 0 Å². The third-order valence-corrected chi connectivity index (χ3v) is 5.43. The van der Waals surface area contributed by atoms with Crippen molar-refractivity contribution in [3.8, 4) is 0 Å². The van der Waals surface area contributed by atoms with Crippen LogP contribution in [-0.2, 0) is 22.8 Å². The van der Waals surface area contributed by atoms with Gasteiger partial charge in [0.2, 0.25) is 0 Å². The monoisotopic (exact) mass is 375 g/mol. The van der Waals surface area contributed by atoms with Gasteiger partial charge < -0.3 is 14.6 Å². The molecule has 1 N–H and O–H groups in total. The van der Waals surface area contributed by atoms with Crippen LogP contribution in [0.3, 0.4) is 0 Å². The van der Waals surface area contributed by atoms with Gasteiger partial charge in [0.1, 0.15) is 25.8 Å². The van der Waals surface area contributed by atoms with Crippen LogP contribution >= 0.6 is 0 Å². The average molecular weight is 375 g/mol. The Labute approximate surface area is 157 Å². The quantitative estimate of drug-likeness (QED) is 0.834. The van der Waals surface area contributed by atoms with E-state index in [1.807, 2.05) is 24.3 Å². The number of benzene rings is 2. The molecule has 0 aliphatic carbocycles. The van der Waals surface area contributed by atoms with E-state index in [4.69, 9.17) is 9.47 Å². The molecule has 0 radical (unpaired) electrons. The van der Waals surface area contributed by atoms with Crippen LogP contribution in [0, 0.1) is 0 Å². The number of fused-ring (bicyclic) bond motifs is 1. The number of hydrogen-bond donors (Lipinski definition) is 1. The summed E-state index contributed by atoms with van der Waals surface area (Å²) in [6.45, 7) is -0.242. The molecule has 0 spiro atoms. The van der Waals surface area contributed by atoms with E-state index in [0.29, 0.717) is 30.8 Å². The lowest BCUT2D eigenvalue weighted by Gasteiger charge is -2.34. The largest absolute Gasteiger partial charge is 0.396 e. The number of ether oxygens (including phenoxy) is 2. The van der Waals surface area contributed by atoms with E-state index in [9.17, 15) is 13.9 Å². The second-order valence-corrected chi connectivity index (χ2v) is 7.19. The molecule has 4 rings (SSSR count). The molecule has 0 bridgehead atoms. The molecule has 2 aromatic carbocycles. The molecular weight excluding hydrogens is 352 g/mol. The summed E-state index contributed by atoms with van der Waals surface area (Å²) in [5, 5.41) is 9.61. The minimum atomic E-state index is -0.541. The molecular formula is C21H23F2NO3. The van der Waals surface area contributed by atoms with Crippen molar-refractivity contribution in [2.45, 2.75) is 37.8 Å². The smallest absolute Gasteiger partial charge is 0.139 e. The molecule has 2 aromatic rings. The SMILES string of the molecule is OCCC12COC(c3cccc(CF)c3)N1[C@H](c1cccc(CF)c1)OC2. The maximum absolute atomic E-state index is 13.1. The van der Waals surface area contributed by atoms with Crippen molar-refractivity contribution < 1.29 is 23.4 Å². The number of hydrogen-bond acceptors (Lipinski definition) is 4. The highest BCUT2D eigenvalue weighted by Gasteiger charge is 2.56. The van der Waals surface area contributed by atoms with Crippen molar-refractivity contribution in [2.24, 2.45) is 0 Å². The first-order chi connectivity index (χ1) is 13.2. The van der Waals surface area contributed by atoms with Gasteiger partial charge in [-0.25, -0.2) is 13.7 Å². The molecule has 4 nitrogen and oxygen atoms in total. The zero-order valence-corrected chi connectivity index (χ0v) is 15.0. The predicted octanol–water partition coefficient (Wildman–Crippen LogP) is 3.81. The molecule has 0 saturated carbocycles. The molecule has 2 fully saturated rings. The molecule has 3 atom stereocenters. The van der Waals surface area contributed by atoms with Gasteiger partial charge in [0.15, 0.2) is 0 Å². The molecule has 0 aromatic heterocycles. The number of aliphatic hydroxyl groups excluding tert-OH is 1. The topological polar surface area (TPSA) is 41.9 Å². The van der Waals surface area contributed by atoms with Crippen molar-refractivity contribution in [1.29, 1.82) is 0 Å². The first-order valence-corrected chi connectivity index (χ1v) is 9.13. The van der Waals surface area contributed by atoms with E-state index in [2.05, 4.69) is 4.90 Å². The van der Waals surface area contributed by atoms with E-state index in [0.717, 1.165) is 11.1 Å². The third-order valence-electron chi connectivity index (χ3n) is 5.43. The van der Waals surface area contributed by atoms with E-state index >= 15 is 0 Å². The number of halogens is 2. The number of nitrogens with zero attached hydrogens (tertiary/aromatic N) is 1. The molecule has 27 heavy (non-hydrogen) atoms. The lowest BCUT2D eigenvalue weighted by atomic mass is 9.95. The molecule has 2 aliphatic heterocycles. The van der Waals surface area contributed by atoms with Gasteiger partial charge in [-0.1, -0.05) is 36.4 Å². The number of alkyl halides is 2. The van der Waals surface area contributed by atoms with Gasteiger partial charge in [0.25, 0.3) is 0 Å². The molecule has 0 amide bonds. The van der Waals surface area contributed by atoms with Crippen molar-refractivity contribution in [3.05, 3.63) is 70.8 Å². The lowest BCUT2D eigenvalue weighted by molar-refractivity contribution is -0.0624. The minimum Gasteiger partial charge on any atom is -0.396 e. The molecule has 144 valence electrons. The molecule has 2 aliphatic rings. The number of rotatable bonds is 6. The van der Waals surface area contributed by atoms with E-state index < -0.39 is 31.3 Å². The first-order valence-electron chi connectivity index (χ1n) is 9.13. The Kier molecular flexibility index (Phi) is 5.23. The second-order valence-electron chi connectivity index (χ2n) is 7.19. The van der Waals surface area contributed by atoms with Gasteiger partial charge >= 0.3 is 0 Å². The Balaban J connectivity index is 1.73. The second kappa shape index (κ2) is 7.64. The van der Waals surface area contributed by atoms with Crippen molar-refractivity contribution in [2.75, 3.05) is 19.8 Å². The third kappa shape index (κ3) is 3.27. The summed E-state index contributed by atoms with van der Waals surface area (Å²) in [5.74, 6) is 0. The van der Waals surface area contributed by atoms with E-state index in [1.54, 1.807) is 24.3 Å². The van der Waals surface area contributed by atoms with E-state index in [1.165, 1.54) is 0 Å². The Hall–Kier alpha value is -1.86. The standard InChI is InChI=1S/C21H23F2NO3/c22-11-15-3-1-5-17(9-15)19-24-20(18-6-2-4-16(10-18)12-23)27-14-21(24,7-8-25)13-26-19/h1-6,9-10,19-20,25H,7-8,11-14H2/t19-,20?,21?/m0/s1. The summed E-state index contributed by atoms with van der Waals surface area (Å²) in [6.07, 6.45) is -0.319. The van der Waals surface area contributed by atoms with Gasteiger partial charge in [0, 0.05) is 6.61 Å². The summed E-state index contributed by atoms with van der Waals surface area (Å²) in [4.78, 5) is 2.11. The zero-order chi connectivity index (χ0) is 18.9. The highest BCUT2D eigenvalue weighted by molar-refractivity contribution is 5.30. The molecule has 2 saturated heterocycles. The maximum Gasteiger partial charge on any atom is 0.139 e. The fraction of sp³-hybridized carbons (Fsp3) is 0.429. The summed E-state index contributed by atoms with van der Waals surface area (Å²) >= 11 is 0. The van der Waals surface area contributed by atoms with Gasteiger partial charge in [-0.15, -0.1) is 0 Å². The summed E-state index contributed by atoms with van der Waals surface area (Å²) in [6, 6.07) is 14.5. The van der Waals surface area contributed by atoms with Gasteiger partial charge in [-0.3, -0.25) is 0 Å². The fourth-order valence-electron chi connectivity index (χ4n) is 4.09. The predicted molar refractivity (Wildman–Crippen MR) is 96.2 cm³/mol. The maximum atomic E-state index is 13.1. The minimum absolute atomic E-state index is 0.0116. The van der Waals surface area contributed by atoms with E-state index in [-0.39, 0.29) is 6.61 Å². The molecule has 2 heterocycles. The Morgan fingerprint density at radius 2 is 1.44 bits per heavy atom. The Morgan fingerprint density at radius 3 is 1.89 bits per heavy atom. The zero-order valence-electron chi connectivity index (χ0n) is 15.0. The van der Waals surface area contributed by atoms with Crippen LogP contribution in [0.15, 0.2) is 48.5 Å². The highest BCUT2D eigenvalue weighted by atomic mass is 19.1. The Bertz CT molecular complexity index is 741. The van der Waals surface area contributed by atoms with Crippen LogP contribution in [-0.4, -0.2) is 35.4 Å². The summed E-state index contributed by atoms with van der Waals surface area (Å²) < 4.78 is 38.5. The first kappa shape index (κ1) is 18.5. The van der Waals surface area contributed by atoms with Crippen LogP contribution in [0.1, 0.15) is 41.1 Å². The Morgan fingerprint density at radius 1 is 0.926 bits per heavy atom. The average Bonchev–Trinajstić information content (AvgIpc) is 3.25. The summed E-state index contributed by atoms with van der Waals surface area (Å²) in [7, 11) is 0. The van der Waals surface area contributed by atoms with Gasteiger partial charge in [-0.2, -0.15) is 0 Å². The van der Waals surface area contributed by atoms with Crippen LogP contribution in [0.25, 0.3) is 0 Å². The fourth-order valence-corrected chi connectivity index (χ4v) is 4.09. The van der Waals surface area contributed by atoms with Crippen LogP contribution in [0.5, 0.6) is 0 Å². The normalized spacial score (nSPS) is 27.8. The van der Waals surface area contributed by atoms with Gasteiger partial charge in [0.05, 0.1) is 18.8 Å². The summed E-state index contributed by atoms with van der Waals surface area (Å²) in [5.41, 5.74) is 2.42. The van der Waals surface area contributed by atoms with Crippen molar-refractivity contribution >= 4 is 0 Å². The molecule has 6 heteroatoms. The highest BCUT2D eigenvalue weighted by Crippen LogP contribution is 2.50. The van der Waals surface area contributed by atoms with Crippen molar-refractivity contribution in [3.63, 3.8) is 0 Å². The lowest BCUT2D eigenvalue weighted by Crippen LogP contribution is -2.45. The van der Waals surface area contributed by atoms with Crippen LogP contribution in [0.4, 0.5) is 8.78 Å². The number of aliphatic hydroxyl groups is 1. The van der Waals surface area contributed by atoms with Gasteiger partial charge in [-0.05, 0) is 40.8 Å². The van der Waals surface area contributed by atoms with Crippen molar-refractivity contribution in [1.82, 2.24) is 4.90 Å².